The molecular formula is C18H16FN3O2. The molecule has 24 heavy (non-hydrogen) atoms. The third-order valence-corrected chi connectivity index (χ3v) is 4.47. The highest BCUT2D eigenvalue weighted by Crippen LogP contribution is 2.36. The molecule has 0 amide bonds. The Balaban J connectivity index is 1.84. The first-order valence-corrected chi connectivity index (χ1v) is 7.86. The zero-order chi connectivity index (χ0) is 16.8. The predicted molar refractivity (Wildman–Crippen MR) is 88.2 cm³/mol. The van der Waals surface area contributed by atoms with Crippen LogP contribution in [0.1, 0.15) is 24.2 Å². The maximum absolute atomic E-state index is 13.2. The van der Waals surface area contributed by atoms with Crippen LogP contribution in [0.2, 0.25) is 0 Å². The number of anilines is 1. The molecule has 122 valence electrons. The Morgan fingerprint density at radius 3 is 2.58 bits per heavy atom. The standard InChI is InChI=1S/C18H16FN3O2/c1-22(13-6-7-13)17-16(10-2-4-12(19)5-3-10)20-14-8-11(18(23)24)9-15(14)21-17/h2-5,8,13H,6-7,9H2,1H3,(H,23,24). The van der Waals surface area contributed by atoms with Gasteiger partial charge in [-0.25, -0.2) is 19.2 Å². The predicted octanol–water partition coefficient (Wildman–Crippen LogP) is 2.91. The minimum atomic E-state index is -0.949. The fourth-order valence-corrected chi connectivity index (χ4v) is 2.93. The van der Waals surface area contributed by atoms with Crippen LogP contribution in [0.3, 0.4) is 0 Å². The first-order valence-electron chi connectivity index (χ1n) is 7.86. The van der Waals surface area contributed by atoms with Crippen molar-refractivity contribution in [3.8, 4) is 11.3 Å². The van der Waals surface area contributed by atoms with Crippen LogP contribution in [0, 0.1) is 5.82 Å². The van der Waals surface area contributed by atoms with Crippen molar-refractivity contribution in [2.75, 3.05) is 11.9 Å². The molecule has 0 spiro atoms. The average Bonchev–Trinajstić information content (AvgIpc) is 3.32. The zero-order valence-corrected chi connectivity index (χ0v) is 13.2. The van der Waals surface area contributed by atoms with Crippen molar-refractivity contribution >= 4 is 17.9 Å². The molecule has 0 saturated heterocycles. The normalized spacial score (nSPS) is 15.8. The number of carboxylic acid groups (broad SMARTS) is 1. The quantitative estimate of drug-likeness (QED) is 0.936. The number of aromatic nitrogens is 2. The van der Waals surface area contributed by atoms with Gasteiger partial charge in [0.2, 0.25) is 0 Å². The lowest BCUT2D eigenvalue weighted by Crippen LogP contribution is -2.22. The first-order chi connectivity index (χ1) is 11.5. The molecule has 4 rings (SSSR count). The number of rotatable bonds is 4. The summed E-state index contributed by atoms with van der Waals surface area (Å²) >= 11 is 0. The number of hydrogen-bond donors (Lipinski definition) is 1. The Morgan fingerprint density at radius 1 is 1.25 bits per heavy atom. The molecule has 1 aromatic heterocycles. The molecule has 2 aromatic rings. The van der Waals surface area contributed by atoms with E-state index in [-0.39, 0.29) is 12.2 Å². The highest BCUT2D eigenvalue weighted by molar-refractivity contribution is 5.95. The van der Waals surface area contributed by atoms with Crippen LogP contribution in [0.15, 0.2) is 29.8 Å². The van der Waals surface area contributed by atoms with Crippen LogP contribution < -0.4 is 4.90 Å². The second-order valence-corrected chi connectivity index (χ2v) is 6.23. The Kier molecular flexibility index (Phi) is 3.33. The van der Waals surface area contributed by atoms with Gasteiger partial charge in [0, 0.05) is 30.6 Å². The lowest BCUT2D eigenvalue weighted by atomic mass is 10.1. The van der Waals surface area contributed by atoms with E-state index in [0.717, 1.165) is 24.2 Å². The summed E-state index contributed by atoms with van der Waals surface area (Å²) in [4.78, 5) is 22.7. The second-order valence-electron chi connectivity index (χ2n) is 6.23. The van der Waals surface area contributed by atoms with Gasteiger partial charge in [0.15, 0.2) is 5.82 Å². The molecule has 0 aliphatic heterocycles. The van der Waals surface area contributed by atoms with Crippen molar-refractivity contribution in [1.29, 1.82) is 0 Å². The molecule has 0 atom stereocenters. The highest BCUT2D eigenvalue weighted by atomic mass is 19.1. The lowest BCUT2D eigenvalue weighted by molar-refractivity contribution is -0.132. The Bertz CT molecular complexity index is 857. The van der Waals surface area contributed by atoms with Gasteiger partial charge >= 0.3 is 5.97 Å². The van der Waals surface area contributed by atoms with Gasteiger partial charge in [-0.15, -0.1) is 0 Å². The molecule has 2 aliphatic rings. The van der Waals surface area contributed by atoms with Crippen LogP contribution in [0.5, 0.6) is 0 Å². The number of carboxylic acids is 1. The maximum atomic E-state index is 13.2. The summed E-state index contributed by atoms with van der Waals surface area (Å²) in [5, 5.41) is 9.20. The average molecular weight is 325 g/mol. The molecule has 1 saturated carbocycles. The van der Waals surface area contributed by atoms with Crippen molar-refractivity contribution < 1.29 is 14.3 Å². The SMILES string of the molecule is CN(c1nc2c(nc1-c1ccc(F)cc1)C=C(C(=O)O)C2)C1CC1. The number of carbonyl (C=O) groups is 1. The van der Waals surface area contributed by atoms with E-state index in [4.69, 9.17) is 4.98 Å². The summed E-state index contributed by atoms with van der Waals surface area (Å²) < 4.78 is 13.2. The van der Waals surface area contributed by atoms with Gasteiger partial charge in [0.1, 0.15) is 11.5 Å². The smallest absolute Gasteiger partial charge is 0.332 e. The molecule has 2 aliphatic carbocycles. The molecule has 0 radical (unpaired) electrons. The van der Waals surface area contributed by atoms with E-state index >= 15 is 0 Å². The molecule has 1 aromatic carbocycles. The Morgan fingerprint density at radius 2 is 1.96 bits per heavy atom. The highest BCUT2D eigenvalue weighted by Gasteiger charge is 2.31. The Hall–Kier alpha value is -2.76. The Labute approximate surface area is 138 Å². The fourth-order valence-electron chi connectivity index (χ4n) is 2.93. The summed E-state index contributed by atoms with van der Waals surface area (Å²) in [7, 11) is 1.97. The summed E-state index contributed by atoms with van der Waals surface area (Å²) in [5.74, 6) is -0.531. The molecule has 5 nitrogen and oxygen atoms in total. The van der Waals surface area contributed by atoms with Gasteiger partial charge in [0.05, 0.1) is 11.4 Å². The van der Waals surface area contributed by atoms with E-state index in [0.29, 0.717) is 28.7 Å². The third-order valence-electron chi connectivity index (χ3n) is 4.47. The number of benzene rings is 1. The van der Waals surface area contributed by atoms with Crippen LogP contribution >= 0.6 is 0 Å². The summed E-state index contributed by atoms with van der Waals surface area (Å²) in [6, 6.07) is 6.57. The zero-order valence-electron chi connectivity index (χ0n) is 13.2. The van der Waals surface area contributed by atoms with Crippen LogP contribution in [-0.2, 0) is 11.2 Å². The molecule has 1 heterocycles. The van der Waals surface area contributed by atoms with Crippen molar-refractivity contribution in [3.05, 3.63) is 47.0 Å². The summed E-state index contributed by atoms with van der Waals surface area (Å²) in [5.41, 5.74) is 2.99. The van der Waals surface area contributed by atoms with Crippen molar-refractivity contribution in [1.82, 2.24) is 9.97 Å². The van der Waals surface area contributed by atoms with Crippen molar-refractivity contribution in [3.63, 3.8) is 0 Å². The minimum Gasteiger partial charge on any atom is -0.478 e. The largest absolute Gasteiger partial charge is 0.478 e. The van der Waals surface area contributed by atoms with Gasteiger partial charge in [-0.1, -0.05) is 0 Å². The summed E-state index contributed by atoms with van der Waals surface area (Å²) in [6.07, 6.45) is 4.07. The first kappa shape index (κ1) is 14.8. The van der Waals surface area contributed by atoms with Crippen LogP contribution in [0.25, 0.3) is 17.3 Å². The van der Waals surface area contributed by atoms with Gasteiger partial charge in [-0.3, -0.25) is 0 Å². The van der Waals surface area contributed by atoms with Crippen molar-refractivity contribution in [2.24, 2.45) is 0 Å². The summed E-state index contributed by atoms with van der Waals surface area (Å²) in [6.45, 7) is 0. The lowest BCUT2D eigenvalue weighted by Gasteiger charge is -2.21. The van der Waals surface area contributed by atoms with E-state index in [1.807, 2.05) is 7.05 Å². The molecule has 0 unspecified atom stereocenters. The topological polar surface area (TPSA) is 66.3 Å². The fraction of sp³-hybridized carbons (Fsp3) is 0.278. The van der Waals surface area contributed by atoms with E-state index in [1.54, 1.807) is 18.2 Å². The number of fused-ring (bicyclic) bond motifs is 1. The second kappa shape index (κ2) is 5.40. The van der Waals surface area contributed by atoms with E-state index in [9.17, 15) is 14.3 Å². The molecule has 1 fully saturated rings. The van der Waals surface area contributed by atoms with Gasteiger partial charge in [-0.05, 0) is 43.2 Å². The number of aliphatic carboxylic acids is 1. The minimum absolute atomic E-state index is 0.285. The van der Waals surface area contributed by atoms with Crippen molar-refractivity contribution in [2.45, 2.75) is 25.3 Å². The van der Waals surface area contributed by atoms with Gasteiger partial charge in [0.25, 0.3) is 0 Å². The monoisotopic (exact) mass is 325 g/mol. The molecule has 0 bridgehead atoms. The molecular weight excluding hydrogens is 309 g/mol. The molecule has 1 N–H and O–H groups in total. The maximum Gasteiger partial charge on any atom is 0.332 e. The van der Waals surface area contributed by atoms with Gasteiger partial charge < -0.3 is 10.0 Å². The number of halogens is 1. The van der Waals surface area contributed by atoms with Gasteiger partial charge in [-0.2, -0.15) is 0 Å². The van der Waals surface area contributed by atoms with Crippen LogP contribution in [0.4, 0.5) is 10.2 Å². The van der Waals surface area contributed by atoms with E-state index in [1.165, 1.54) is 12.1 Å². The van der Waals surface area contributed by atoms with Crippen LogP contribution in [-0.4, -0.2) is 34.1 Å². The van der Waals surface area contributed by atoms with E-state index in [2.05, 4.69) is 9.88 Å². The third kappa shape index (κ3) is 2.54. The van der Waals surface area contributed by atoms with E-state index < -0.39 is 5.97 Å². The number of hydrogen-bond acceptors (Lipinski definition) is 4. The number of nitrogens with zero attached hydrogens (tertiary/aromatic N) is 3. The molecule has 6 heteroatoms.